The Kier molecular flexibility index (Phi) is 4.88. The summed E-state index contributed by atoms with van der Waals surface area (Å²) in [6.07, 6.45) is 1.54. The molecule has 0 atom stereocenters. The average molecular weight is 307 g/mol. The monoisotopic (exact) mass is 307 g/mol. The molecular weight excluding hydrogens is 292 g/mol. The third kappa shape index (κ3) is 4.15. The number of amides is 1. The molecule has 0 spiro atoms. The summed E-state index contributed by atoms with van der Waals surface area (Å²) in [5.74, 6) is 0.415. The Balaban J connectivity index is 2.02. The number of benzene rings is 1. The van der Waals surface area contributed by atoms with Gasteiger partial charge in [0.15, 0.2) is 0 Å². The van der Waals surface area contributed by atoms with Gasteiger partial charge < -0.3 is 15.0 Å². The van der Waals surface area contributed by atoms with E-state index in [1.807, 2.05) is 19.0 Å². The summed E-state index contributed by atoms with van der Waals surface area (Å²) in [6.45, 7) is -2.89. The van der Waals surface area contributed by atoms with Crippen LogP contribution in [0, 0.1) is 0 Å². The van der Waals surface area contributed by atoms with Crippen molar-refractivity contribution in [1.29, 1.82) is 0 Å². The maximum Gasteiger partial charge on any atom is 0.387 e. The fourth-order valence-corrected chi connectivity index (χ4v) is 1.72. The minimum atomic E-state index is -2.89. The lowest BCUT2D eigenvalue weighted by atomic mass is 10.2. The van der Waals surface area contributed by atoms with Crippen LogP contribution in [0.15, 0.2) is 42.6 Å². The van der Waals surface area contributed by atoms with Gasteiger partial charge in [0.1, 0.15) is 11.6 Å². The summed E-state index contributed by atoms with van der Waals surface area (Å²) in [6, 6.07) is 8.95. The number of alkyl halides is 2. The lowest BCUT2D eigenvalue weighted by Gasteiger charge is -2.11. The number of carbonyl (C=O) groups excluding carboxylic acids is 1. The number of rotatable bonds is 5. The van der Waals surface area contributed by atoms with E-state index in [2.05, 4.69) is 15.0 Å². The number of anilines is 2. The fourth-order valence-electron chi connectivity index (χ4n) is 1.72. The van der Waals surface area contributed by atoms with Crippen molar-refractivity contribution in [3.05, 3.63) is 48.2 Å². The minimum absolute atomic E-state index is 0.00329. The molecule has 0 saturated heterocycles. The van der Waals surface area contributed by atoms with E-state index in [1.54, 1.807) is 18.3 Å². The summed E-state index contributed by atoms with van der Waals surface area (Å²) in [4.78, 5) is 18.0. The molecule has 1 amide bonds. The molecule has 116 valence electrons. The first-order valence-electron chi connectivity index (χ1n) is 6.45. The molecule has 0 aliphatic rings. The summed E-state index contributed by atoms with van der Waals surface area (Å²) in [5, 5.41) is 2.68. The van der Waals surface area contributed by atoms with Crippen molar-refractivity contribution in [2.45, 2.75) is 6.61 Å². The Labute approximate surface area is 126 Å². The van der Waals surface area contributed by atoms with Gasteiger partial charge in [-0.15, -0.1) is 0 Å². The molecule has 0 bridgehead atoms. The molecular formula is C15H15F2N3O2. The summed E-state index contributed by atoms with van der Waals surface area (Å²) < 4.78 is 28.3. The van der Waals surface area contributed by atoms with Gasteiger partial charge in [0.05, 0.1) is 11.9 Å². The van der Waals surface area contributed by atoms with Gasteiger partial charge >= 0.3 is 6.61 Å². The van der Waals surface area contributed by atoms with Crippen molar-refractivity contribution in [2.24, 2.45) is 0 Å². The van der Waals surface area contributed by atoms with Crippen molar-refractivity contribution in [3.8, 4) is 5.75 Å². The van der Waals surface area contributed by atoms with Gasteiger partial charge in [-0.1, -0.05) is 0 Å². The summed E-state index contributed by atoms with van der Waals surface area (Å²) >= 11 is 0. The molecule has 2 rings (SSSR count). The normalized spacial score (nSPS) is 10.4. The second-order valence-corrected chi connectivity index (χ2v) is 4.66. The highest BCUT2D eigenvalue weighted by Gasteiger charge is 2.09. The van der Waals surface area contributed by atoms with Crippen molar-refractivity contribution in [1.82, 2.24) is 4.98 Å². The first-order valence-corrected chi connectivity index (χ1v) is 6.45. The Bertz CT molecular complexity index is 628. The zero-order valence-corrected chi connectivity index (χ0v) is 12.1. The molecule has 2 aromatic rings. The van der Waals surface area contributed by atoms with E-state index in [0.717, 1.165) is 5.82 Å². The highest BCUT2D eigenvalue weighted by Crippen LogP contribution is 2.17. The lowest BCUT2D eigenvalue weighted by molar-refractivity contribution is -0.0498. The second kappa shape index (κ2) is 6.84. The van der Waals surface area contributed by atoms with E-state index in [0.29, 0.717) is 11.3 Å². The predicted molar refractivity (Wildman–Crippen MR) is 79.6 cm³/mol. The van der Waals surface area contributed by atoms with Crippen LogP contribution in [0.2, 0.25) is 0 Å². The van der Waals surface area contributed by atoms with E-state index >= 15 is 0 Å². The van der Waals surface area contributed by atoms with Crippen molar-refractivity contribution in [3.63, 3.8) is 0 Å². The number of carbonyl (C=O) groups is 1. The van der Waals surface area contributed by atoms with Crippen LogP contribution in [0.4, 0.5) is 20.3 Å². The zero-order valence-electron chi connectivity index (χ0n) is 12.1. The highest BCUT2D eigenvalue weighted by atomic mass is 19.3. The average Bonchev–Trinajstić information content (AvgIpc) is 2.48. The van der Waals surface area contributed by atoms with Gasteiger partial charge in [-0.3, -0.25) is 4.79 Å². The molecule has 0 aliphatic heterocycles. The third-order valence-electron chi connectivity index (χ3n) is 2.81. The molecule has 1 N–H and O–H groups in total. The van der Waals surface area contributed by atoms with Gasteiger partial charge in [-0.05, 0) is 36.4 Å². The first-order chi connectivity index (χ1) is 10.5. The van der Waals surface area contributed by atoms with Crippen LogP contribution < -0.4 is 15.0 Å². The maximum atomic E-state index is 12.0. The van der Waals surface area contributed by atoms with Crippen LogP contribution in [0.25, 0.3) is 0 Å². The topological polar surface area (TPSA) is 54.5 Å². The Morgan fingerprint density at radius 2 is 1.86 bits per heavy atom. The lowest BCUT2D eigenvalue weighted by Crippen LogP contribution is -2.13. The number of hydrogen-bond donors (Lipinski definition) is 1. The number of hydrogen-bond acceptors (Lipinski definition) is 4. The van der Waals surface area contributed by atoms with Gasteiger partial charge in [0.2, 0.25) is 0 Å². The maximum absolute atomic E-state index is 12.0. The largest absolute Gasteiger partial charge is 0.435 e. The molecule has 1 aromatic carbocycles. The molecule has 1 heterocycles. The number of ether oxygens (including phenoxy) is 1. The van der Waals surface area contributed by atoms with Crippen molar-refractivity contribution < 1.29 is 18.3 Å². The number of nitrogens with one attached hydrogen (secondary N) is 1. The molecule has 0 unspecified atom stereocenters. The number of nitrogens with zero attached hydrogens (tertiary/aromatic N) is 2. The number of pyridine rings is 1. The van der Waals surface area contributed by atoms with Crippen LogP contribution in [-0.2, 0) is 0 Å². The molecule has 0 radical (unpaired) electrons. The van der Waals surface area contributed by atoms with E-state index in [1.165, 1.54) is 24.3 Å². The zero-order chi connectivity index (χ0) is 16.1. The van der Waals surface area contributed by atoms with Gasteiger partial charge in [0, 0.05) is 19.7 Å². The molecule has 0 saturated carbocycles. The minimum Gasteiger partial charge on any atom is -0.435 e. The second-order valence-electron chi connectivity index (χ2n) is 4.66. The molecule has 7 heteroatoms. The van der Waals surface area contributed by atoms with E-state index < -0.39 is 6.61 Å². The van der Waals surface area contributed by atoms with Crippen molar-refractivity contribution in [2.75, 3.05) is 24.3 Å². The summed E-state index contributed by atoms with van der Waals surface area (Å²) in [5.41, 5.74) is 0.877. The molecule has 1 aromatic heterocycles. The SMILES string of the molecule is CN(C)c1ccc(NC(=O)c2ccc(OC(F)F)cc2)cn1. The molecule has 22 heavy (non-hydrogen) atoms. The van der Waals surface area contributed by atoms with Crippen LogP contribution in [0.5, 0.6) is 5.75 Å². The quantitative estimate of drug-likeness (QED) is 0.922. The number of aromatic nitrogens is 1. The van der Waals surface area contributed by atoms with Crippen LogP contribution >= 0.6 is 0 Å². The third-order valence-corrected chi connectivity index (χ3v) is 2.81. The standard InChI is InChI=1S/C15H15F2N3O2/c1-20(2)13-8-5-11(9-18-13)19-14(21)10-3-6-12(7-4-10)22-15(16)17/h3-9,15H,1-2H3,(H,19,21). The Morgan fingerprint density at radius 3 is 2.36 bits per heavy atom. The molecule has 0 aliphatic carbocycles. The molecule has 5 nitrogen and oxygen atoms in total. The molecule has 0 fully saturated rings. The van der Waals surface area contributed by atoms with Crippen molar-refractivity contribution >= 4 is 17.4 Å². The number of halogens is 2. The highest BCUT2D eigenvalue weighted by molar-refractivity contribution is 6.04. The van der Waals surface area contributed by atoms with Crippen LogP contribution in [0.3, 0.4) is 0 Å². The van der Waals surface area contributed by atoms with E-state index in [9.17, 15) is 13.6 Å². The van der Waals surface area contributed by atoms with Crippen LogP contribution in [0.1, 0.15) is 10.4 Å². The van der Waals surface area contributed by atoms with Crippen LogP contribution in [-0.4, -0.2) is 31.6 Å². The first kappa shape index (κ1) is 15.7. The summed E-state index contributed by atoms with van der Waals surface area (Å²) in [7, 11) is 3.73. The van der Waals surface area contributed by atoms with Gasteiger partial charge in [0.25, 0.3) is 5.91 Å². The fraction of sp³-hybridized carbons (Fsp3) is 0.200. The van der Waals surface area contributed by atoms with E-state index in [4.69, 9.17) is 0 Å². The van der Waals surface area contributed by atoms with Gasteiger partial charge in [-0.25, -0.2) is 4.98 Å². The van der Waals surface area contributed by atoms with E-state index in [-0.39, 0.29) is 11.7 Å². The smallest absolute Gasteiger partial charge is 0.387 e. The Morgan fingerprint density at radius 1 is 1.18 bits per heavy atom. The predicted octanol–water partition coefficient (Wildman–Crippen LogP) is 3.00. The Hall–Kier alpha value is -2.70. The van der Waals surface area contributed by atoms with Gasteiger partial charge in [-0.2, -0.15) is 8.78 Å².